The molecular formula is C17H33N3O. The lowest BCUT2D eigenvalue weighted by atomic mass is 9.95. The molecule has 0 aliphatic carbocycles. The van der Waals surface area contributed by atoms with Gasteiger partial charge in [0, 0.05) is 18.6 Å². The lowest BCUT2D eigenvalue weighted by molar-refractivity contribution is -0.134. The Bertz CT molecular complexity index is 358. The highest BCUT2D eigenvalue weighted by Crippen LogP contribution is 2.29. The fraction of sp³-hybridized carbons (Fsp3) is 0.941. The van der Waals surface area contributed by atoms with E-state index in [4.69, 9.17) is 0 Å². The number of hydrogen-bond acceptors (Lipinski definition) is 3. The summed E-state index contributed by atoms with van der Waals surface area (Å²) >= 11 is 0. The van der Waals surface area contributed by atoms with Gasteiger partial charge in [0.2, 0.25) is 5.91 Å². The van der Waals surface area contributed by atoms with E-state index in [0.717, 1.165) is 38.6 Å². The van der Waals surface area contributed by atoms with Crippen molar-refractivity contribution < 1.29 is 4.79 Å². The lowest BCUT2D eigenvalue weighted by Gasteiger charge is -2.42. The summed E-state index contributed by atoms with van der Waals surface area (Å²) in [5.74, 6) is 0.819. The first-order valence-electron chi connectivity index (χ1n) is 8.74. The molecule has 2 aliphatic rings. The third-order valence-electron chi connectivity index (χ3n) is 5.28. The van der Waals surface area contributed by atoms with Gasteiger partial charge >= 0.3 is 0 Å². The zero-order chi connectivity index (χ0) is 15.6. The van der Waals surface area contributed by atoms with E-state index >= 15 is 0 Å². The van der Waals surface area contributed by atoms with Gasteiger partial charge in [-0.3, -0.25) is 10.1 Å². The number of piperidine rings is 1. The maximum atomic E-state index is 12.9. The average molecular weight is 295 g/mol. The van der Waals surface area contributed by atoms with E-state index < -0.39 is 0 Å². The Kier molecular flexibility index (Phi) is 5.67. The number of carbonyl (C=O) groups is 1. The van der Waals surface area contributed by atoms with Crippen molar-refractivity contribution in [2.75, 3.05) is 13.6 Å². The van der Waals surface area contributed by atoms with Crippen LogP contribution in [-0.4, -0.2) is 53.6 Å². The fourth-order valence-corrected chi connectivity index (χ4v) is 3.73. The van der Waals surface area contributed by atoms with Gasteiger partial charge in [-0.1, -0.05) is 33.6 Å². The molecule has 122 valence electrons. The van der Waals surface area contributed by atoms with Crippen molar-refractivity contribution in [2.24, 2.45) is 5.92 Å². The van der Waals surface area contributed by atoms with Gasteiger partial charge in [0.05, 0.1) is 12.2 Å². The molecule has 0 saturated carbocycles. The van der Waals surface area contributed by atoms with Crippen LogP contribution in [-0.2, 0) is 4.79 Å². The molecule has 2 fully saturated rings. The Morgan fingerprint density at radius 3 is 2.67 bits per heavy atom. The first-order valence-corrected chi connectivity index (χ1v) is 8.74. The van der Waals surface area contributed by atoms with Crippen LogP contribution in [0.15, 0.2) is 0 Å². The Morgan fingerprint density at radius 1 is 1.38 bits per heavy atom. The Morgan fingerprint density at radius 2 is 2.10 bits per heavy atom. The first kappa shape index (κ1) is 16.8. The molecule has 0 radical (unpaired) electrons. The monoisotopic (exact) mass is 295 g/mol. The van der Waals surface area contributed by atoms with Crippen LogP contribution in [0.2, 0.25) is 0 Å². The minimum Gasteiger partial charge on any atom is -0.322 e. The van der Waals surface area contributed by atoms with Crippen LogP contribution in [0.1, 0.15) is 59.8 Å². The van der Waals surface area contributed by atoms with Crippen molar-refractivity contribution in [3.63, 3.8) is 0 Å². The highest BCUT2D eigenvalue weighted by molar-refractivity contribution is 5.84. The van der Waals surface area contributed by atoms with Gasteiger partial charge in [-0.15, -0.1) is 0 Å². The molecule has 4 atom stereocenters. The minimum atomic E-state index is 0.0484. The molecule has 1 amide bonds. The van der Waals surface area contributed by atoms with Crippen molar-refractivity contribution in [1.29, 1.82) is 0 Å². The number of nitrogens with one attached hydrogen (secondary N) is 1. The number of amides is 1. The van der Waals surface area contributed by atoms with Crippen molar-refractivity contribution in [3.05, 3.63) is 0 Å². The molecule has 0 aromatic rings. The zero-order valence-electron chi connectivity index (χ0n) is 14.4. The van der Waals surface area contributed by atoms with Crippen LogP contribution in [0.4, 0.5) is 0 Å². The third-order valence-corrected chi connectivity index (χ3v) is 5.28. The zero-order valence-corrected chi connectivity index (χ0v) is 14.4. The van der Waals surface area contributed by atoms with Crippen LogP contribution in [0.5, 0.6) is 0 Å². The predicted octanol–water partition coefficient (Wildman–Crippen LogP) is 2.44. The molecule has 21 heavy (non-hydrogen) atoms. The Balaban J connectivity index is 2.09. The number of likely N-dealkylation sites (tertiary alicyclic amines) is 1. The number of carbonyl (C=O) groups excluding carboxylic acids is 1. The topological polar surface area (TPSA) is 35.6 Å². The quantitative estimate of drug-likeness (QED) is 0.846. The molecule has 0 aromatic heterocycles. The van der Waals surface area contributed by atoms with Crippen molar-refractivity contribution in [1.82, 2.24) is 15.1 Å². The van der Waals surface area contributed by atoms with Gasteiger partial charge in [-0.05, 0) is 39.2 Å². The van der Waals surface area contributed by atoms with Crippen LogP contribution >= 0.6 is 0 Å². The van der Waals surface area contributed by atoms with E-state index in [-0.39, 0.29) is 12.2 Å². The molecule has 2 saturated heterocycles. The maximum Gasteiger partial charge on any atom is 0.241 e. The minimum absolute atomic E-state index is 0.0484. The van der Waals surface area contributed by atoms with Gasteiger partial charge in [0.25, 0.3) is 0 Å². The number of nitrogens with zero attached hydrogens (tertiary/aromatic N) is 2. The SMILES string of the molecule is CCCCC1NC(C(C)C)N(C2CCN(C)C(C)C2)C1=O. The molecule has 0 spiro atoms. The second-order valence-electron chi connectivity index (χ2n) is 7.30. The third kappa shape index (κ3) is 3.59. The average Bonchev–Trinajstić information content (AvgIpc) is 2.77. The molecular weight excluding hydrogens is 262 g/mol. The molecule has 4 nitrogen and oxygen atoms in total. The van der Waals surface area contributed by atoms with E-state index in [0.29, 0.717) is 23.9 Å². The highest BCUT2D eigenvalue weighted by atomic mass is 16.2. The van der Waals surface area contributed by atoms with E-state index in [1.165, 1.54) is 0 Å². The molecule has 0 aromatic carbocycles. The van der Waals surface area contributed by atoms with Crippen molar-refractivity contribution in [3.8, 4) is 0 Å². The lowest BCUT2D eigenvalue weighted by Crippen LogP contribution is -2.53. The van der Waals surface area contributed by atoms with E-state index in [9.17, 15) is 4.79 Å². The standard InChI is InChI=1S/C17H33N3O/c1-6-7-8-15-17(21)20(16(18-15)12(2)3)14-9-10-19(5)13(4)11-14/h12-16,18H,6-11H2,1-5H3. The molecule has 4 unspecified atom stereocenters. The second-order valence-corrected chi connectivity index (χ2v) is 7.30. The van der Waals surface area contributed by atoms with Crippen LogP contribution in [0, 0.1) is 5.92 Å². The largest absolute Gasteiger partial charge is 0.322 e. The van der Waals surface area contributed by atoms with Gasteiger partial charge in [0.1, 0.15) is 0 Å². The predicted molar refractivity (Wildman–Crippen MR) is 87.0 cm³/mol. The molecule has 2 rings (SSSR count). The summed E-state index contributed by atoms with van der Waals surface area (Å²) < 4.78 is 0. The van der Waals surface area contributed by atoms with Crippen LogP contribution in [0.3, 0.4) is 0 Å². The first-order chi connectivity index (χ1) is 9.95. The van der Waals surface area contributed by atoms with Crippen molar-refractivity contribution in [2.45, 2.75) is 84.1 Å². The molecule has 4 heteroatoms. The summed E-state index contributed by atoms with van der Waals surface area (Å²) in [5.41, 5.74) is 0. The van der Waals surface area contributed by atoms with Gasteiger partial charge in [-0.2, -0.15) is 0 Å². The fourth-order valence-electron chi connectivity index (χ4n) is 3.73. The van der Waals surface area contributed by atoms with Crippen molar-refractivity contribution >= 4 is 5.91 Å². The summed E-state index contributed by atoms with van der Waals surface area (Å²) in [6.45, 7) is 10.0. The molecule has 2 aliphatic heterocycles. The molecule has 2 heterocycles. The molecule has 1 N–H and O–H groups in total. The molecule has 0 bridgehead atoms. The summed E-state index contributed by atoms with van der Waals surface area (Å²) in [7, 11) is 2.19. The Labute approximate surface area is 130 Å². The maximum absolute atomic E-state index is 12.9. The van der Waals surface area contributed by atoms with E-state index in [2.05, 4.69) is 49.9 Å². The Hall–Kier alpha value is -0.610. The summed E-state index contributed by atoms with van der Waals surface area (Å²) in [6.07, 6.45) is 5.71. The van der Waals surface area contributed by atoms with Crippen LogP contribution < -0.4 is 5.32 Å². The summed E-state index contributed by atoms with van der Waals surface area (Å²) in [6, 6.07) is 1.03. The van der Waals surface area contributed by atoms with Gasteiger partial charge in [-0.25, -0.2) is 0 Å². The number of unbranched alkanes of at least 4 members (excludes halogenated alkanes) is 1. The highest BCUT2D eigenvalue weighted by Gasteiger charge is 2.44. The van der Waals surface area contributed by atoms with Crippen LogP contribution in [0.25, 0.3) is 0 Å². The van der Waals surface area contributed by atoms with E-state index in [1.807, 2.05) is 0 Å². The normalized spacial score (nSPS) is 35.0. The summed E-state index contributed by atoms with van der Waals surface area (Å²) in [5, 5.41) is 3.61. The summed E-state index contributed by atoms with van der Waals surface area (Å²) in [4.78, 5) is 17.5. The van der Waals surface area contributed by atoms with Gasteiger partial charge in [0.15, 0.2) is 0 Å². The van der Waals surface area contributed by atoms with E-state index in [1.54, 1.807) is 0 Å². The number of hydrogen-bond donors (Lipinski definition) is 1. The van der Waals surface area contributed by atoms with Gasteiger partial charge < -0.3 is 9.80 Å². The smallest absolute Gasteiger partial charge is 0.241 e. The number of rotatable bonds is 5. The second kappa shape index (κ2) is 7.10.